The molecule has 0 bridgehead atoms. The molecule has 0 fully saturated rings. The standard InChI is InChI=1S/C14H23NO3/c1-11(2)18-8-4-7-15-10-12-5-6-13(17-3)9-14(12)16/h5-6,9,11,15-16H,4,7-8,10H2,1-3H3. The molecule has 4 heteroatoms. The number of aromatic hydroxyl groups is 1. The number of benzene rings is 1. The fraction of sp³-hybridized carbons (Fsp3) is 0.571. The largest absolute Gasteiger partial charge is 0.507 e. The molecule has 0 saturated heterocycles. The molecule has 0 aliphatic carbocycles. The molecule has 102 valence electrons. The minimum atomic E-state index is 0.264. The Morgan fingerprint density at radius 1 is 1.33 bits per heavy atom. The van der Waals surface area contributed by atoms with Crippen LogP contribution in [0.5, 0.6) is 11.5 Å². The molecule has 0 heterocycles. The number of methoxy groups -OCH3 is 1. The molecule has 4 nitrogen and oxygen atoms in total. The molecule has 2 N–H and O–H groups in total. The Labute approximate surface area is 109 Å². The lowest BCUT2D eigenvalue weighted by Gasteiger charge is -2.09. The second-order valence-corrected chi connectivity index (χ2v) is 4.44. The van der Waals surface area contributed by atoms with E-state index in [1.54, 1.807) is 13.2 Å². The highest BCUT2D eigenvalue weighted by Gasteiger charge is 2.02. The predicted octanol–water partition coefficient (Wildman–Crippen LogP) is 2.31. The first-order valence-electron chi connectivity index (χ1n) is 6.31. The summed E-state index contributed by atoms with van der Waals surface area (Å²) in [4.78, 5) is 0. The highest BCUT2D eigenvalue weighted by atomic mass is 16.5. The van der Waals surface area contributed by atoms with Gasteiger partial charge in [-0.25, -0.2) is 0 Å². The van der Waals surface area contributed by atoms with Gasteiger partial charge in [0.15, 0.2) is 0 Å². The van der Waals surface area contributed by atoms with Gasteiger partial charge in [0, 0.05) is 24.8 Å². The van der Waals surface area contributed by atoms with Gasteiger partial charge in [-0.2, -0.15) is 0 Å². The van der Waals surface area contributed by atoms with Crippen molar-refractivity contribution < 1.29 is 14.6 Å². The maximum absolute atomic E-state index is 9.75. The summed E-state index contributed by atoms with van der Waals surface area (Å²) < 4.78 is 10.5. The Kier molecular flexibility index (Phi) is 6.54. The molecule has 0 aliphatic rings. The maximum atomic E-state index is 9.75. The topological polar surface area (TPSA) is 50.7 Å². The lowest BCUT2D eigenvalue weighted by Crippen LogP contribution is -2.17. The smallest absolute Gasteiger partial charge is 0.123 e. The van der Waals surface area contributed by atoms with E-state index in [0.29, 0.717) is 12.3 Å². The van der Waals surface area contributed by atoms with E-state index in [1.165, 1.54) is 0 Å². The first-order valence-corrected chi connectivity index (χ1v) is 6.31. The first kappa shape index (κ1) is 14.8. The first-order chi connectivity index (χ1) is 8.63. The maximum Gasteiger partial charge on any atom is 0.123 e. The van der Waals surface area contributed by atoms with Gasteiger partial charge in [-0.05, 0) is 32.9 Å². The van der Waals surface area contributed by atoms with Crippen LogP contribution < -0.4 is 10.1 Å². The van der Waals surface area contributed by atoms with Crippen molar-refractivity contribution in [2.75, 3.05) is 20.3 Å². The molecule has 0 unspecified atom stereocenters. The minimum absolute atomic E-state index is 0.264. The zero-order valence-electron chi connectivity index (χ0n) is 11.4. The van der Waals surface area contributed by atoms with Gasteiger partial charge in [-0.15, -0.1) is 0 Å². The monoisotopic (exact) mass is 253 g/mol. The number of nitrogens with one attached hydrogen (secondary N) is 1. The van der Waals surface area contributed by atoms with Crippen LogP contribution in [0.4, 0.5) is 0 Å². The number of phenolic OH excluding ortho intramolecular Hbond substituents is 1. The summed E-state index contributed by atoms with van der Waals surface area (Å²) in [5.74, 6) is 0.932. The quantitative estimate of drug-likeness (QED) is 0.698. The molecule has 0 amide bonds. The van der Waals surface area contributed by atoms with Crippen molar-refractivity contribution >= 4 is 0 Å². The Balaban J connectivity index is 2.23. The molecule has 0 atom stereocenters. The molecule has 18 heavy (non-hydrogen) atoms. The van der Waals surface area contributed by atoms with Crippen LogP contribution in [0, 0.1) is 0 Å². The zero-order valence-corrected chi connectivity index (χ0v) is 11.4. The third-order valence-electron chi connectivity index (χ3n) is 2.56. The summed E-state index contributed by atoms with van der Waals surface area (Å²) in [5, 5.41) is 13.0. The van der Waals surface area contributed by atoms with E-state index >= 15 is 0 Å². The molecule has 0 spiro atoms. The van der Waals surface area contributed by atoms with Crippen molar-refractivity contribution in [1.29, 1.82) is 0 Å². The highest BCUT2D eigenvalue weighted by Crippen LogP contribution is 2.22. The lowest BCUT2D eigenvalue weighted by atomic mass is 10.2. The minimum Gasteiger partial charge on any atom is -0.507 e. The Bertz CT molecular complexity index is 353. The molecule has 0 aliphatic heterocycles. The van der Waals surface area contributed by atoms with Crippen LogP contribution in [-0.4, -0.2) is 31.5 Å². The average molecular weight is 253 g/mol. The fourth-order valence-electron chi connectivity index (χ4n) is 1.56. The van der Waals surface area contributed by atoms with Crippen molar-refractivity contribution in [3.05, 3.63) is 23.8 Å². The summed E-state index contributed by atoms with van der Waals surface area (Å²) in [6.07, 6.45) is 1.25. The van der Waals surface area contributed by atoms with E-state index in [-0.39, 0.29) is 11.9 Å². The number of rotatable bonds is 8. The summed E-state index contributed by atoms with van der Waals surface area (Å²) in [5.41, 5.74) is 0.876. The van der Waals surface area contributed by atoms with Crippen LogP contribution in [0.15, 0.2) is 18.2 Å². The fourth-order valence-corrected chi connectivity index (χ4v) is 1.56. The summed E-state index contributed by atoms with van der Waals surface area (Å²) in [6, 6.07) is 5.34. The van der Waals surface area contributed by atoms with Gasteiger partial charge >= 0.3 is 0 Å². The molecule has 0 radical (unpaired) electrons. The Hall–Kier alpha value is -1.26. The van der Waals surface area contributed by atoms with Gasteiger partial charge in [0.2, 0.25) is 0 Å². The SMILES string of the molecule is COc1ccc(CNCCCOC(C)C)c(O)c1. The second-order valence-electron chi connectivity index (χ2n) is 4.44. The molecule has 1 aromatic rings. The van der Waals surface area contributed by atoms with E-state index in [0.717, 1.165) is 25.1 Å². The number of hydrogen-bond donors (Lipinski definition) is 2. The molecule has 1 rings (SSSR count). The van der Waals surface area contributed by atoms with E-state index in [1.807, 2.05) is 26.0 Å². The molecule has 0 aromatic heterocycles. The van der Waals surface area contributed by atoms with E-state index < -0.39 is 0 Å². The van der Waals surface area contributed by atoms with Crippen molar-refractivity contribution in [3.8, 4) is 11.5 Å². The van der Waals surface area contributed by atoms with Crippen LogP contribution in [-0.2, 0) is 11.3 Å². The van der Waals surface area contributed by atoms with Crippen molar-refractivity contribution in [2.24, 2.45) is 0 Å². The molecular formula is C14H23NO3. The lowest BCUT2D eigenvalue weighted by molar-refractivity contribution is 0.0770. The van der Waals surface area contributed by atoms with Crippen molar-refractivity contribution in [1.82, 2.24) is 5.32 Å². The molecule has 0 saturated carbocycles. The van der Waals surface area contributed by atoms with E-state index in [4.69, 9.17) is 9.47 Å². The number of hydrogen-bond acceptors (Lipinski definition) is 4. The van der Waals surface area contributed by atoms with E-state index in [2.05, 4.69) is 5.32 Å². The summed E-state index contributed by atoms with van der Waals surface area (Å²) >= 11 is 0. The van der Waals surface area contributed by atoms with Crippen LogP contribution in [0.2, 0.25) is 0 Å². The van der Waals surface area contributed by atoms with E-state index in [9.17, 15) is 5.11 Å². The predicted molar refractivity (Wildman–Crippen MR) is 72.1 cm³/mol. The summed E-state index contributed by atoms with van der Waals surface area (Å²) in [7, 11) is 1.58. The van der Waals surface area contributed by atoms with Gasteiger partial charge in [-0.1, -0.05) is 6.07 Å². The van der Waals surface area contributed by atoms with Crippen LogP contribution in [0.3, 0.4) is 0 Å². The highest BCUT2D eigenvalue weighted by molar-refractivity contribution is 5.39. The van der Waals surface area contributed by atoms with Gasteiger partial charge in [0.25, 0.3) is 0 Å². The molecular weight excluding hydrogens is 230 g/mol. The number of ether oxygens (including phenoxy) is 2. The van der Waals surface area contributed by atoms with Gasteiger partial charge in [0.05, 0.1) is 13.2 Å². The van der Waals surface area contributed by atoms with Crippen LogP contribution in [0.25, 0.3) is 0 Å². The average Bonchev–Trinajstić information content (AvgIpc) is 2.34. The van der Waals surface area contributed by atoms with Gasteiger partial charge in [0.1, 0.15) is 11.5 Å². The van der Waals surface area contributed by atoms with Gasteiger partial charge in [-0.3, -0.25) is 0 Å². The van der Waals surface area contributed by atoms with Crippen LogP contribution in [0.1, 0.15) is 25.8 Å². The van der Waals surface area contributed by atoms with Crippen LogP contribution >= 0.6 is 0 Å². The third kappa shape index (κ3) is 5.38. The Morgan fingerprint density at radius 3 is 2.72 bits per heavy atom. The third-order valence-corrected chi connectivity index (χ3v) is 2.56. The molecule has 1 aromatic carbocycles. The van der Waals surface area contributed by atoms with Crippen molar-refractivity contribution in [2.45, 2.75) is 32.9 Å². The zero-order chi connectivity index (χ0) is 13.4. The summed E-state index contributed by atoms with van der Waals surface area (Å²) in [6.45, 7) is 6.35. The van der Waals surface area contributed by atoms with Gasteiger partial charge < -0.3 is 19.9 Å². The normalized spacial score (nSPS) is 10.9. The Morgan fingerprint density at radius 2 is 2.11 bits per heavy atom. The van der Waals surface area contributed by atoms with Crippen molar-refractivity contribution in [3.63, 3.8) is 0 Å². The second kappa shape index (κ2) is 7.95. The number of phenols is 1.